The summed E-state index contributed by atoms with van der Waals surface area (Å²) in [6.07, 6.45) is 2.24. The molecule has 176 valence electrons. The molecule has 4 atom stereocenters. The molecule has 4 unspecified atom stereocenters. The van der Waals surface area contributed by atoms with Gasteiger partial charge in [0.15, 0.2) is 0 Å². The monoisotopic (exact) mass is 443 g/mol. The van der Waals surface area contributed by atoms with Crippen LogP contribution in [0.4, 0.5) is 0 Å². The van der Waals surface area contributed by atoms with Crippen molar-refractivity contribution in [2.45, 2.75) is 76.0 Å². The van der Waals surface area contributed by atoms with E-state index in [0.29, 0.717) is 32.4 Å². The van der Waals surface area contributed by atoms with Gasteiger partial charge < -0.3 is 37.2 Å². The van der Waals surface area contributed by atoms with E-state index in [4.69, 9.17) is 15.9 Å². The number of hydrogen-bond donors (Lipinski definition) is 7. The zero-order valence-electron chi connectivity index (χ0n) is 17.7. The molecule has 1 saturated heterocycles. The molecule has 8 N–H and O–H groups in total. The number of carbonyl (C=O) groups excluding carboxylic acids is 3. The average Bonchev–Trinajstić information content (AvgIpc) is 3.24. The second-order valence-corrected chi connectivity index (χ2v) is 7.56. The summed E-state index contributed by atoms with van der Waals surface area (Å²) in [6, 6.07) is -3.81. The zero-order chi connectivity index (χ0) is 23.4. The van der Waals surface area contributed by atoms with Gasteiger partial charge in [0.05, 0.1) is 6.04 Å². The molecule has 0 aromatic rings. The number of carboxylic acids is 2. The van der Waals surface area contributed by atoms with E-state index >= 15 is 0 Å². The number of rotatable bonds is 14. The molecule has 1 heterocycles. The Labute approximate surface area is 180 Å². The van der Waals surface area contributed by atoms with Crippen LogP contribution < -0.4 is 27.0 Å². The van der Waals surface area contributed by atoms with Crippen molar-refractivity contribution in [2.75, 3.05) is 13.1 Å². The van der Waals surface area contributed by atoms with Crippen LogP contribution >= 0.6 is 0 Å². The van der Waals surface area contributed by atoms with Gasteiger partial charge >= 0.3 is 11.9 Å². The summed E-state index contributed by atoms with van der Waals surface area (Å²) in [5, 5.41) is 28.4. The maximum absolute atomic E-state index is 12.8. The summed E-state index contributed by atoms with van der Waals surface area (Å²) < 4.78 is 0. The minimum Gasteiger partial charge on any atom is -0.481 e. The normalized spacial score (nSPS) is 18.5. The number of nitrogens with two attached hydrogens (primary N) is 1. The first-order chi connectivity index (χ1) is 14.6. The van der Waals surface area contributed by atoms with Gasteiger partial charge in [-0.15, -0.1) is 0 Å². The predicted octanol–water partition coefficient (Wildman–Crippen LogP) is -1.71. The van der Waals surface area contributed by atoms with Crippen molar-refractivity contribution in [3.63, 3.8) is 0 Å². The third-order valence-corrected chi connectivity index (χ3v) is 4.97. The lowest BCUT2D eigenvalue weighted by Gasteiger charge is -2.24. The highest BCUT2D eigenvalue weighted by molar-refractivity contribution is 5.94. The van der Waals surface area contributed by atoms with E-state index in [9.17, 15) is 24.0 Å². The molecule has 1 fully saturated rings. The number of aliphatic carboxylic acids is 2. The average molecular weight is 444 g/mol. The summed E-state index contributed by atoms with van der Waals surface area (Å²) in [4.78, 5) is 59.7. The third-order valence-electron chi connectivity index (χ3n) is 4.97. The molecular formula is C19H33N5O7. The molecule has 0 aliphatic carbocycles. The van der Waals surface area contributed by atoms with Gasteiger partial charge in [0.25, 0.3) is 0 Å². The van der Waals surface area contributed by atoms with Crippen LogP contribution in [-0.2, 0) is 24.0 Å². The molecule has 0 radical (unpaired) electrons. The van der Waals surface area contributed by atoms with E-state index < -0.39 is 53.8 Å². The quantitative estimate of drug-likeness (QED) is 0.153. The molecule has 1 aliphatic rings. The van der Waals surface area contributed by atoms with E-state index in [2.05, 4.69) is 21.3 Å². The van der Waals surface area contributed by atoms with Gasteiger partial charge in [0.1, 0.15) is 18.1 Å². The lowest BCUT2D eigenvalue weighted by Crippen LogP contribution is -2.56. The van der Waals surface area contributed by atoms with Crippen LogP contribution in [0.2, 0.25) is 0 Å². The van der Waals surface area contributed by atoms with Crippen molar-refractivity contribution < 1.29 is 34.2 Å². The Balaban J connectivity index is 2.86. The standard InChI is InChI=1S/C19H33N5O7/c1-11(19(30)31)22-17(28)13(5-2-3-9-20)23-18(29)14(7-8-15(25)26)24-16(27)12-6-4-10-21-12/h11-14,21H,2-10,20H2,1H3,(H,22,28)(H,23,29)(H,24,27)(H,25,26)(H,30,31). The van der Waals surface area contributed by atoms with Crippen molar-refractivity contribution in [3.05, 3.63) is 0 Å². The number of carbonyl (C=O) groups is 5. The topological polar surface area (TPSA) is 200 Å². The van der Waals surface area contributed by atoms with Crippen LogP contribution in [0.15, 0.2) is 0 Å². The number of unbranched alkanes of at least 4 members (excludes halogenated alkanes) is 1. The highest BCUT2D eigenvalue weighted by Crippen LogP contribution is 2.08. The molecular weight excluding hydrogens is 410 g/mol. The lowest BCUT2D eigenvalue weighted by atomic mass is 10.1. The van der Waals surface area contributed by atoms with Gasteiger partial charge in [0.2, 0.25) is 17.7 Å². The highest BCUT2D eigenvalue weighted by Gasteiger charge is 2.30. The molecule has 1 rings (SSSR count). The van der Waals surface area contributed by atoms with E-state index in [1.165, 1.54) is 6.92 Å². The fourth-order valence-corrected chi connectivity index (χ4v) is 3.13. The van der Waals surface area contributed by atoms with Crippen molar-refractivity contribution in [3.8, 4) is 0 Å². The summed E-state index contributed by atoms with van der Waals surface area (Å²) in [6.45, 7) is 2.36. The van der Waals surface area contributed by atoms with Gasteiger partial charge in [-0.05, 0) is 58.5 Å². The fraction of sp³-hybridized carbons (Fsp3) is 0.737. The van der Waals surface area contributed by atoms with Gasteiger partial charge in [-0.1, -0.05) is 0 Å². The lowest BCUT2D eigenvalue weighted by molar-refractivity contribution is -0.141. The van der Waals surface area contributed by atoms with Crippen molar-refractivity contribution >= 4 is 29.7 Å². The number of carboxylic acid groups (broad SMARTS) is 2. The Morgan fingerprint density at radius 1 is 1.00 bits per heavy atom. The fourth-order valence-electron chi connectivity index (χ4n) is 3.13. The van der Waals surface area contributed by atoms with E-state index in [1.807, 2.05) is 0 Å². The molecule has 0 aromatic heterocycles. The SMILES string of the molecule is CC(NC(=O)C(CCCCN)NC(=O)C(CCC(=O)O)NC(=O)C1CCCN1)C(=O)O. The van der Waals surface area contributed by atoms with Gasteiger partial charge in [-0.25, -0.2) is 0 Å². The maximum atomic E-state index is 12.8. The maximum Gasteiger partial charge on any atom is 0.325 e. The molecule has 0 bridgehead atoms. The highest BCUT2D eigenvalue weighted by atomic mass is 16.4. The molecule has 1 aliphatic heterocycles. The molecule has 0 saturated carbocycles. The van der Waals surface area contributed by atoms with E-state index in [-0.39, 0.29) is 19.3 Å². The Hall–Kier alpha value is -2.73. The Bertz CT molecular complexity index is 652. The molecule has 12 nitrogen and oxygen atoms in total. The smallest absolute Gasteiger partial charge is 0.325 e. The summed E-state index contributed by atoms with van der Waals surface area (Å²) in [7, 11) is 0. The number of amides is 3. The van der Waals surface area contributed by atoms with Gasteiger partial charge in [0, 0.05) is 6.42 Å². The molecule has 31 heavy (non-hydrogen) atoms. The second kappa shape index (κ2) is 13.5. The summed E-state index contributed by atoms with van der Waals surface area (Å²) >= 11 is 0. The van der Waals surface area contributed by atoms with E-state index in [1.54, 1.807) is 0 Å². The van der Waals surface area contributed by atoms with Crippen LogP contribution in [0, 0.1) is 0 Å². The van der Waals surface area contributed by atoms with E-state index in [0.717, 1.165) is 6.42 Å². The van der Waals surface area contributed by atoms with Crippen LogP contribution in [0.1, 0.15) is 51.9 Å². The predicted molar refractivity (Wildman–Crippen MR) is 110 cm³/mol. The van der Waals surface area contributed by atoms with Crippen LogP contribution in [0.25, 0.3) is 0 Å². The minimum atomic E-state index is -1.23. The van der Waals surface area contributed by atoms with Crippen LogP contribution in [-0.4, -0.2) is 77.1 Å². The van der Waals surface area contributed by atoms with Crippen molar-refractivity contribution in [1.29, 1.82) is 0 Å². The molecule has 0 spiro atoms. The van der Waals surface area contributed by atoms with Crippen molar-refractivity contribution in [2.24, 2.45) is 5.73 Å². The number of hydrogen-bond acceptors (Lipinski definition) is 7. The first-order valence-electron chi connectivity index (χ1n) is 10.4. The summed E-state index contributed by atoms with van der Waals surface area (Å²) in [5.41, 5.74) is 5.47. The largest absolute Gasteiger partial charge is 0.481 e. The Kier molecular flexibility index (Phi) is 11.5. The minimum absolute atomic E-state index is 0.151. The van der Waals surface area contributed by atoms with Crippen molar-refractivity contribution in [1.82, 2.24) is 21.3 Å². The molecule has 3 amide bonds. The summed E-state index contributed by atoms with van der Waals surface area (Å²) in [5.74, 6) is -4.15. The Morgan fingerprint density at radius 2 is 1.65 bits per heavy atom. The first kappa shape index (κ1) is 26.3. The van der Waals surface area contributed by atoms with Gasteiger partial charge in [-0.3, -0.25) is 24.0 Å². The third kappa shape index (κ3) is 9.75. The second-order valence-electron chi connectivity index (χ2n) is 7.56. The van der Waals surface area contributed by atoms with Gasteiger partial charge in [-0.2, -0.15) is 0 Å². The molecule has 0 aromatic carbocycles. The molecule has 12 heteroatoms. The number of nitrogens with one attached hydrogen (secondary N) is 4. The zero-order valence-corrected chi connectivity index (χ0v) is 17.7. The van der Waals surface area contributed by atoms with Crippen LogP contribution in [0.5, 0.6) is 0 Å². The van der Waals surface area contributed by atoms with Crippen LogP contribution in [0.3, 0.4) is 0 Å². The Morgan fingerprint density at radius 3 is 2.19 bits per heavy atom. The first-order valence-corrected chi connectivity index (χ1v) is 10.4.